The summed E-state index contributed by atoms with van der Waals surface area (Å²) in [5.41, 5.74) is 5.93. The molecule has 1 aromatic carbocycles. The molecule has 0 saturated carbocycles. The van der Waals surface area contributed by atoms with Crippen molar-refractivity contribution in [3.63, 3.8) is 0 Å². The van der Waals surface area contributed by atoms with Crippen LogP contribution in [0, 0.1) is 6.92 Å². The molecule has 0 fully saturated rings. The Morgan fingerprint density at radius 2 is 2.12 bits per heavy atom. The van der Waals surface area contributed by atoms with Crippen LogP contribution in [0.15, 0.2) is 42.7 Å². The van der Waals surface area contributed by atoms with E-state index in [1.807, 2.05) is 37.3 Å². The first kappa shape index (κ1) is 12.0. The van der Waals surface area contributed by atoms with Crippen molar-refractivity contribution in [1.29, 1.82) is 0 Å². The normalized spacial score (nSPS) is 12.4. The fraction of sp³-hybridized carbons (Fsp3) is 0.154. The van der Waals surface area contributed by atoms with Crippen molar-refractivity contribution in [2.24, 2.45) is 5.84 Å². The lowest BCUT2D eigenvalue weighted by Gasteiger charge is -2.17. The topological polar surface area (TPSA) is 50.9 Å². The van der Waals surface area contributed by atoms with Gasteiger partial charge in [0.25, 0.3) is 0 Å². The number of pyridine rings is 1. The van der Waals surface area contributed by atoms with Crippen molar-refractivity contribution in [1.82, 2.24) is 10.4 Å². The minimum atomic E-state index is -0.0698. The zero-order chi connectivity index (χ0) is 12.3. The van der Waals surface area contributed by atoms with Gasteiger partial charge in [0.05, 0.1) is 6.04 Å². The highest BCUT2D eigenvalue weighted by atomic mass is 35.5. The second-order valence-corrected chi connectivity index (χ2v) is 4.30. The highest BCUT2D eigenvalue weighted by Crippen LogP contribution is 2.24. The maximum Gasteiger partial charge on any atom is 0.0725 e. The number of nitrogens with zero attached hydrogens (tertiary/aromatic N) is 1. The number of hydrogen-bond acceptors (Lipinski definition) is 3. The zero-order valence-electron chi connectivity index (χ0n) is 9.52. The Bertz CT molecular complexity index is 499. The molecule has 0 bridgehead atoms. The van der Waals surface area contributed by atoms with Gasteiger partial charge in [0.2, 0.25) is 0 Å². The molecule has 2 rings (SSSR count). The van der Waals surface area contributed by atoms with Crippen molar-refractivity contribution in [3.05, 3.63) is 64.4 Å². The van der Waals surface area contributed by atoms with Gasteiger partial charge in [-0.3, -0.25) is 10.8 Å². The van der Waals surface area contributed by atoms with Crippen LogP contribution in [0.2, 0.25) is 5.02 Å². The number of aromatic nitrogens is 1. The molecule has 4 heteroatoms. The molecule has 88 valence electrons. The van der Waals surface area contributed by atoms with E-state index >= 15 is 0 Å². The van der Waals surface area contributed by atoms with Crippen LogP contribution in [0.25, 0.3) is 0 Å². The van der Waals surface area contributed by atoms with E-state index in [4.69, 9.17) is 17.4 Å². The molecule has 2 aromatic rings. The van der Waals surface area contributed by atoms with Crippen LogP contribution in [0.4, 0.5) is 0 Å². The molecule has 1 unspecified atom stereocenters. The SMILES string of the molecule is Cc1cc(C(NN)c2cccnc2)ccc1Cl. The summed E-state index contributed by atoms with van der Waals surface area (Å²) in [6.45, 7) is 1.97. The minimum absolute atomic E-state index is 0.0698. The molecule has 3 nitrogen and oxygen atoms in total. The number of halogens is 1. The largest absolute Gasteiger partial charge is 0.271 e. The maximum absolute atomic E-state index is 6.01. The van der Waals surface area contributed by atoms with Gasteiger partial charge in [-0.25, -0.2) is 5.43 Å². The molecule has 3 N–H and O–H groups in total. The maximum atomic E-state index is 6.01. The predicted molar refractivity (Wildman–Crippen MR) is 69.6 cm³/mol. The molecular formula is C13H14ClN3. The van der Waals surface area contributed by atoms with E-state index < -0.39 is 0 Å². The second-order valence-electron chi connectivity index (χ2n) is 3.89. The van der Waals surface area contributed by atoms with Crippen LogP contribution in [-0.2, 0) is 0 Å². The van der Waals surface area contributed by atoms with Gasteiger partial charge in [-0.15, -0.1) is 0 Å². The van der Waals surface area contributed by atoms with E-state index in [1.165, 1.54) is 0 Å². The van der Waals surface area contributed by atoms with Crippen molar-refractivity contribution in [2.75, 3.05) is 0 Å². The van der Waals surface area contributed by atoms with Gasteiger partial charge in [0, 0.05) is 17.4 Å². The lowest BCUT2D eigenvalue weighted by atomic mass is 9.99. The van der Waals surface area contributed by atoms with Crippen LogP contribution in [0.1, 0.15) is 22.7 Å². The number of nitrogens with two attached hydrogens (primary N) is 1. The number of rotatable bonds is 3. The molecule has 0 aliphatic heterocycles. The molecule has 0 aliphatic rings. The molecule has 0 saturated heterocycles. The van der Waals surface area contributed by atoms with Crippen LogP contribution in [0.5, 0.6) is 0 Å². The average molecular weight is 248 g/mol. The average Bonchev–Trinajstić information content (AvgIpc) is 2.36. The number of nitrogens with one attached hydrogen (secondary N) is 1. The Morgan fingerprint density at radius 1 is 1.29 bits per heavy atom. The van der Waals surface area contributed by atoms with Crippen LogP contribution < -0.4 is 11.3 Å². The number of benzene rings is 1. The van der Waals surface area contributed by atoms with Crippen LogP contribution in [0.3, 0.4) is 0 Å². The highest BCUT2D eigenvalue weighted by Gasteiger charge is 2.12. The smallest absolute Gasteiger partial charge is 0.0725 e. The Hall–Kier alpha value is -1.42. The summed E-state index contributed by atoms with van der Waals surface area (Å²) in [5, 5.41) is 0.760. The van der Waals surface area contributed by atoms with E-state index in [2.05, 4.69) is 10.4 Å². The van der Waals surface area contributed by atoms with Gasteiger partial charge in [0.1, 0.15) is 0 Å². The summed E-state index contributed by atoms with van der Waals surface area (Å²) in [5.74, 6) is 5.61. The quantitative estimate of drug-likeness (QED) is 0.648. The van der Waals surface area contributed by atoms with Gasteiger partial charge < -0.3 is 0 Å². The van der Waals surface area contributed by atoms with Gasteiger partial charge in [-0.05, 0) is 35.7 Å². The van der Waals surface area contributed by atoms with Gasteiger partial charge in [-0.2, -0.15) is 0 Å². The molecule has 1 heterocycles. The van der Waals surface area contributed by atoms with Crippen molar-refractivity contribution >= 4 is 11.6 Å². The Morgan fingerprint density at radius 3 is 2.71 bits per heavy atom. The molecule has 0 amide bonds. The Kier molecular flexibility index (Phi) is 3.74. The Balaban J connectivity index is 2.39. The lowest BCUT2D eigenvalue weighted by Crippen LogP contribution is -2.28. The predicted octanol–water partition coefficient (Wildman–Crippen LogP) is 2.60. The molecule has 1 atom stereocenters. The lowest BCUT2D eigenvalue weighted by molar-refractivity contribution is 0.634. The summed E-state index contributed by atoms with van der Waals surface area (Å²) in [6.07, 6.45) is 3.54. The van der Waals surface area contributed by atoms with Crippen molar-refractivity contribution in [3.8, 4) is 0 Å². The fourth-order valence-corrected chi connectivity index (χ4v) is 1.90. The molecule has 17 heavy (non-hydrogen) atoms. The highest BCUT2D eigenvalue weighted by molar-refractivity contribution is 6.31. The monoisotopic (exact) mass is 247 g/mol. The molecule has 0 radical (unpaired) electrons. The van der Waals surface area contributed by atoms with Gasteiger partial charge >= 0.3 is 0 Å². The Labute approximate surface area is 106 Å². The van der Waals surface area contributed by atoms with E-state index in [1.54, 1.807) is 12.4 Å². The third-order valence-electron chi connectivity index (χ3n) is 2.70. The van der Waals surface area contributed by atoms with Gasteiger partial charge in [-0.1, -0.05) is 29.8 Å². The molecule has 1 aromatic heterocycles. The van der Waals surface area contributed by atoms with E-state index in [0.29, 0.717) is 0 Å². The van der Waals surface area contributed by atoms with Crippen LogP contribution >= 0.6 is 11.6 Å². The summed E-state index contributed by atoms with van der Waals surface area (Å²) in [6, 6.07) is 9.68. The summed E-state index contributed by atoms with van der Waals surface area (Å²) in [7, 11) is 0. The second kappa shape index (κ2) is 5.27. The molecule has 0 aliphatic carbocycles. The van der Waals surface area contributed by atoms with E-state index in [-0.39, 0.29) is 6.04 Å². The standard InChI is InChI=1S/C13H14ClN3/c1-9-7-10(4-5-12(9)14)13(17-15)11-3-2-6-16-8-11/h2-8,13,17H,15H2,1H3. The van der Waals surface area contributed by atoms with Gasteiger partial charge in [0.15, 0.2) is 0 Å². The first-order chi connectivity index (χ1) is 8.22. The van der Waals surface area contributed by atoms with Crippen molar-refractivity contribution < 1.29 is 0 Å². The number of aryl methyl sites for hydroxylation is 1. The number of hydrogen-bond donors (Lipinski definition) is 2. The van der Waals surface area contributed by atoms with E-state index in [9.17, 15) is 0 Å². The third-order valence-corrected chi connectivity index (χ3v) is 3.12. The number of hydrazine groups is 1. The summed E-state index contributed by atoms with van der Waals surface area (Å²) < 4.78 is 0. The van der Waals surface area contributed by atoms with Crippen molar-refractivity contribution in [2.45, 2.75) is 13.0 Å². The third kappa shape index (κ3) is 2.64. The molecule has 0 spiro atoms. The first-order valence-electron chi connectivity index (χ1n) is 5.34. The first-order valence-corrected chi connectivity index (χ1v) is 5.72. The minimum Gasteiger partial charge on any atom is -0.271 e. The molecular weight excluding hydrogens is 234 g/mol. The van der Waals surface area contributed by atoms with E-state index in [0.717, 1.165) is 21.7 Å². The summed E-state index contributed by atoms with van der Waals surface area (Å²) >= 11 is 6.01. The zero-order valence-corrected chi connectivity index (χ0v) is 10.3. The summed E-state index contributed by atoms with van der Waals surface area (Å²) in [4.78, 5) is 4.10. The van der Waals surface area contributed by atoms with Crippen LogP contribution in [-0.4, -0.2) is 4.98 Å². The fourth-order valence-electron chi connectivity index (χ4n) is 1.78.